The number of nitrogens with zero attached hydrogens (tertiary/aromatic N) is 4. The fraction of sp³-hybridized carbons (Fsp3) is 0.778. The molecule has 6 nitrogen and oxygen atoms in total. The van der Waals surface area contributed by atoms with Gasteiger partial charge in [0.05, 0.1) is 12.3 Å². The molecule has 0 bridgehead atoms. The minimum Gasteiger partial charge on any atom is -0.378 e. The SMILES string of the molecule is Cn1cc(CN2CC[C@H]3OCC[C@@H](C(=O)N4CCCC4)[C@@H]3C2)cn1. The first-order valence-electron chi connectivity index (χ1n) is 9.31. The van der Waals surface area contributed by atoms with Crippen molar-refractivity contribution >= 4 is 5.91 Å². The number of hydrogen-bond acceptors (Lipinski definition) is 4. The molecule has 1 aromatic rings. The van der Waals surface area contributed by atoms with Crippen molar-refractivity contribution in [1.29, 1.82) is 0 Å². The molecular formula is C18H28N4O2. The summed E-state index contributed by atoms with van der Waals surface area (Å²) in [5.41, 5.74) is 1.25. The van der Waals surface area contributed by atoms with E-state index in [1.54, 1.807) is 0 Å². The average molecular weight is 332 g/mol. The van der Waals surface area contributed by atoms with Crippen molar-refractivity contribution in [1.82, 2.24) is 19.6 Å². The molecule has 3 atom stereocenters. The van der Waals surface area contributed by atoms with Gasteiger partial charge in [0, 0.05) is 70.0 Å². The van der Waals surface area contributed by atoms with E-state index in [-0.39, 0.29) is 12.0 Å². The highest BCUT2D eigenvalue weighted by Crippen LogP contribution is 2.35. The maximum atomic E-state index is 13.0. The zero-order valence-corrected chi connectivity index (χ0v) is 14.6. The summed E-state index contributed by atoms with van der Waals surface area (Å²) in [5, 5.41) is 4.26. The Balaban J connectivity index is 1.43. The predicted molar refractivity (Wildman–Crippen MR) is 90.3 cm³/mol. The van der Waals surface area contributed by atoms with Crippen LogP contribution in [0.2, 0.25) is 0 Å². The van der Waals surface area contributed by atoms with Gasteiger partial charge < -0.3 is 9.64 Å². The molecular weight excluding hydrogens is 304 g/mol. The van der Waals surface area contributed by atoms with Crippen molar-refractivity contribution in [2.24, 2.45) is 18.9 Å². The number of aromatic nitrogens is 2. The maximum absolute atomic E-state index is 13.0. The van der Waals surface area contributed by atoms with Crippen molar-refractivity contribution in [3.05, 3.63) is 18.0 Å². The van der Waals surface area contributed by atoms with Crippen LogP contribution in [0.4, 0.5) is 0 Å². The molecule has 3 aliphatic heterocycles. The van der Waals surface area contributed by atoms with E-state index in [1.165, 1.54) is 5.56 Å². The quantitative estimate of drug-likeness (QED) is 0.836. The highest BCUT2D eigenvalue weighted by atomic mass is 16.5. The van der Waals surface area contributed by atoms with Gasteiger partial charge in [-0.25, -0.2) is 0 Å². The lowest BCUT2D eigenvalue weighted by molar-refractivity contribution is -0.150. The molecule has 24 heavy (non-hydrogen) atoms. The molecule has 4 rings (SSSR count). The molecule has 1 amide bonds. The summed E-state index contributed by atoms with van der Waals surface area (Å²) >= 11 is 0. The third-order valence-corrected chi connectivity index (χ3v) is 5.85. The van der Waals surface area contributed by atoms with Gasteiger partial charge in [-0.1, -0.05) is 0 Å². The lowest BCUT2D eigenvalue weighted by atomic mass is 9.78. The van der Waals surface area contributed by atoms with Gasteiger partial charge in [0.1, 0.15) is 0 Å². The van der Waals surface area contributed by atoms with Gasteiger partial charge in [-0.2, -0.15) is 5.10 Å². The molecule has 6 heteroatoms. The van der Waals surface area contributed by atoms with Crippen LogP contribution in [0.25, 0.3) is 0 Å². The molecule has 0 spiro atoms. The minimum absolute atomic E-state index is 0.151. The van der Waals surface area contributed by atoms with E-state index in [9.17, 15) is 4.79 Å². The summed E-state index contributed by atoms with van der Waals surface area (Å²) in [6.07, 6.45) is 8.53. The van der Waals surface area contributed by atoms with Gasteiger partial charge in [0.2, 0.25) is 5.91 Å². The Bertz CT molecular complexity index is 581. The number of carbonyl (C=O) groups excluding carboxylic acids is 1. The van der Waals surface area contributed by atoms with Crippen LogP contribution in [-0.4, -0.2) is 64.4 Å². The summed E-state index contributed by atoms with van der Waals surface area (Å²) in [6, 6.07) is 0. The average Bonchev–Trinajstić information content (AvgIpc) is 3.25. The zero-order chi connectivity index (χ0) is 16.5. The molecule has 3 saturated heterocycles. The first-order chi connectivity index (χ1) is 11.7. The van der Waals surface area contributed by atoms with Crippen molar-refractivity contribution in [3.8, 4) is 0 Å². The Morgan fingerprint density at radius 2 is 2.12 bits per heavy atom. The van der Waals surface area contributed by atoms with Crippen LogP contribution in [-0.2, 0) is 23.1 Å². The molecule has 0 aromatic carbocycles. The Morgan fingerprint density at radius 3 is 2.88 bits per heavy atom. The Kier molecular flexibility index (Phi) is 4.59. The zero-order valence-electron chi connectivity index (χ0n) is 14.6. The standard InChI is InChI=1S/C18H28N4O2/c1-20-11-14(10-19-20)12-21-8-4-17-16(13-21)15(5-9-24-17)18(23)22-6-2-3-7-22/h10-11,15-17H,2-9,12-13H2,1H3/t15-,16+,17-/m1/s1. The third-order valence-electron chi connectivity index (χ3n) is 5.85. The number of carbonyl (C=O) groups is 1. The smallest absolute Gasteiger partial charge is 0.226 e. The van der Waals surface area contributed by atoms with Gasteiger partial charge in [-0.15, -0.1) is 0 Å². The molecule has 0 saturated carbocycles. The van der Waals surface area contributed by atoms with Gasteiger partial charge in [0.15, 0.2) is 0 Å². The normalized spacial score (nSPS) is 31.2. The number of likely N-dealkylation sites (tertiary alicyclic amines) is 2. The van der Waals surface area contributed by atoms with Crippen molar-refractivity contribution in [3.63, 3.8) is 0 Å². The molecule has 3 aliphatic rings. The maximum Gasteiger partial charge on any atom is 0.226 e. The fourth-order valence-electron chi connectivity index (χ4n) is 4.62. The molecule has 0 radical (unpaired) electrons. The van der Waals surface area contributed by atoms with Crippen molar-refractivity contribution in [2.75, 3.05) is 32.8 Å². The molecule has 4 heterocycles. The lowest BCUT2D eigenvalue weighted by Crippen LogP contribution is -2.53. The molecule has 0 unspecified atom stereocenters. The lowest BCUT2D eigenvalue weighted by Gasteiger charge is -2.45. The van der Waals surface area contributed by atoms with Gasteiger partial charge >= 0.3 is 0 Å². The number of piperidine rings is 1. The summed E-state index contributed by atoms with van der Waals surface area (Å²) in [7, 11) is 1.95. The van der Waals surface area contributed by atoms with E-state index in [0.717, 1.165) is 65.0 Å². The van der Waals surface area contributed by atoms with Crippen LogP contribution < -0.4 is 0 Å². The summed E-state index contributed by atoms with van der Waals surface area (Å²) in [6.45, 7) is 5.57. The molecule has 132 valence electrons. The second-order valence-electron chi connectivity index (χ2n) is 7.55. The second kappa shape index (κ2) is 6.84. The monoisotopic (exact) mass is 332 g/mol. The van der Waals surface area contributed by atoms with E-state index >= 15 is 0 Å². The highest BCUT2D eigenvalue weighted by Gasteiger charge is 2.43. The van der Waals surface area contributed by atoms with E-state index < -0.39 is 0 Å². The number of aryl methyl sites for hydroxylation is 1. The van der Waals surface area contributed by atoms with Crippen LogP contribution in [0.1, 0.15) is 31.2 Å². The van der Waals surface area contributed by atoms with Crippen LogP contribution >= 0.6 is 0 Å². The van der Waals surface area contributed by atoms with E-state index in [2.05, 4.69) is 21.1 Å². The fourth-order valence-corrected chi connectivity index (χ4v) is 4.62. The van der Waals surface area contributed by atoms with Crippen molar-refractivity contribution in [2.45, 2.75) is 38.3 Å². The molecule has 0 aliphatic carbocycles. The summed E-state index contributed by atoms with van der Waals surface area (Å²) < 4.78 is 7.87. The topological polar surface area (TPSA) is 50.6 Å². The van der Waals surface area contributed by atoms with Crippen LogP contribution in [0, 0.1) is 11.8 Å². The van der Waals surface area contributed by atoms with Gasteiger partial charge in [0.25, 0.3) is 0 Å². The highest BCUT2D eigenvalue weighted by molar-refractivity contribution is 5.79. The Morgan fingerprint density at radius 1 is 1.29 bits per heavy atom. The molecule has 1 aromatic heterocycles. The summed E-state index contributed by atoms with van der Waals surface area (Å²) in [5.74, 6) is 0.879. The van der Waals surface area contributed by atoms with E-state index in [4.69, 9.17) is 4.74 Å². The number of amides is 1. The Hall–Kier alpha value is -1.40. The number of hydrogen-bond donors (Lipinski definition) is 0. The molecule has 3 fully saturated rings. The third kappa shape index (κ3) is 3.22. The van der Waals surface area contributed by atoms with E-state index in [1.807, 2.05) is 17.9 Å². The largest absolute Gasteiger partial charge is 0.378 e. The summed E-state index contributed by atoms with van der Waals surface area (Å²) in [4.78, 5) is 17.5. The van der Waals surface area contributed by atoms with E-state index in [0.29, 0.717) is 11.8 Å². The Labute approximate surface area is 143 Å². The van der Waals surface area contributed by atoms with Crippen molar-refractivity contribution < 1.29 is 9.53 Å². The number of fused-ring (bicyclic) bond motifs is 1. The number of ether oxygens (including phenoxy) is 1. The van der Waals surface area contributed by atoms with Gasteiger partial charge in [-0.05, 0) is 25.7 Å². The van der Waals surface area contributed by atoms with Crippen LogP contribution in [0.3, 0.4) is 0 Å². The first kappa shape index (κ1) is 16.1. The van der Waals surface area contributed by atoms with Gasteiger partial charge in [-0.3, -0.25) is 14.4 Å². The number of rotatable bonds is 3. The predicted octanol–water partition coefficient (Wildman–Crippen LogP) is 1.27. The minimum atomic E-state index is 0.151. The van der Waals surface area contributed by atoms with Crippen LogP contribution in [0.5, 0.6) is 0 Å². The first-order valence-corrected chi connectivity index (χ1v) is 9.31. The molecule has 0 N–H and O–H groups in total. The second-order valence-corrected chi connectivity index (χ2v) is 7.55. The van der Waals surface area contributed by atoms with Crippen LogP contribution in [0.15, 0.2) is 12.4 Å².